The number of esters is 1. The molecular weight excluding hydrogens is 508 g/mol. The molecule has 1 fully saturated rings. The van der Waals surface area contributed by atoms with E-state index >= 15 is 0 Å². The fourth-order valence-corrected chi connectivity index (χ4v) is 5.36. The van der Waals surface area contributed by atoms with E-state index < -0.39 is 18.2 Å². The first kappa shape index (κ1) is 29.4. The average Bonchev–Trinajstić information content (AvgIpc) is 3.57. The number of ether oxygens (including phenoxy) is 2. The lowest BCUT2D eigenvalue weighted by atomic mass is 9.97. The zero-order valence-corrected chi connectivity index (χ0v) is 24.6. The number of carbonyl (C=O) groups excluding carboxylic acids is 2. The summed E-state index contributed by atoms with van der Waals surface area (Å²) in [5, 5.41) is 0.506. The minimum Gasteiger partial charge on any atom is -0.473 e. The average molecular weight is 551 g/mol. The van der Waals surface area contributed by atoms with Crippen LogP contribution in [0.2, 0.25) is 0 Å². The third kappa shape index (κ3) is 6.11. The van der Waals surface area contributed by atoms with Crippen LogP contribution in [0.1, 0.15) is 94.6 Å². The quantitative estimate of drug-likeness (QED) is 0.279. The van der Waals surface area contributed by atoms with E-state index in [9.17, 15) is 14.4 Å². The second-order valence-corrected chi connectivity index (χ2v) is 11.0. The monoisotopic (exact) mass is 550 g/mol. The van der Waals surface area contributed by atoms with Gasteiger partial charge in [-0.3, -0.25) is 9.59 Å². The van der Waals surface area contributed by atoms with Gasteiger partial charge in [0.1, 0.15) is 5.75 Å². The number of benzene rings is 2. The summed E-state index contributed by atoms with van der Waals surface area (Å²) in [6, 6.07) is 9.56. The number of hydrogen-bond acceptors (Lipinski definition) is 6. The molecule has 8 nitrogen and oxygen atoms in total. The van der Waals surface area contributed by atoms with Crippen molar-refractivity contribution in [2.75, 3.05) is 13.1 Å². The van der Waals surface area contributed by atoms with E-state index in [4.69, 9.17) is 14.0 Å². The van der Waals surface area contributed by atoms with Crippen molar-refractivity contribution in [3.8, 4) is 5.75 Å². The van der Waals surface area contributed by atoms with E-state index in [1.807, 2.05) is 37.3 Å². The van der Waals surface area contributed by atoms with Crippen molar-refractivity contribution < 1.29 is 23.6 Å². The van der Waals surface area contributed by atoms with E-state index in [0.717, 1.165) is 42.4 Å². The number of nitrogens with zero attached hydrogens (tertiary/aromatic N) is 2. The van der Waals surface area contributed by atoms with Crippen LogP contribution in [0.15, 0.2) is 39.6 Å². The van der Waals surface area contributed by atoms with Crippen molar-refractivity contribution in [1.82, 2.24) is 9.64 Å². The van der Waals surface area contributed by atoms with Crippen molar-refractivity contribution in [3.63, 3.8) is 0 Å². The molecule has 0 bridgehead atoms. The lowest BCUT2D eigenvalue weighted by molar-refractivity contribution is -0.164. The molecule has 216 valence electrons. The maximum absolute atomic E-state index is 13.8. The van der Waals surface area contributed by atoms with Crippen LogP contribution in [0.25, 0.3) is 11.0 Å². The molecule has 1 unspecified atom stereocenters. The minimum absolute atomic E-state index is 0.189. The standard InChI is InChI=1S/C32H42N2O6/c1-7-11-24-19-26-29(40-33(6)31(26)36)25(12-8-2)27(24)39-28(23-15-13-22(14-16-23)20(3)4)32(37)38-21(5)30(35)34-17-9-10-18-34/h13-16,19-21,28H,7-12,17-18H2,1-6H3/t21-,28?/m1/s1. The second-order valence-electron chi connectivity index (χ2n) is 11.0. The number of rotatable bonds is 11. The van der Waals surface area contributed by atoms with Crippen LogP contribution < -0.4 is 10.3 Å². The Morgan fingerprint density at radius 3 is 2.20 bits per heavy atom. The van der Waals surface area contributed by atoms with Gasteiger partial charge in [0.25, 0.3) is 11.5 Å². The Kier molecular flexibility index (Phi) is 9.38. The fourth-order valence-electron chi connectivity index (χ4n) is 5.36. The molecule has 2 heterocycles. The molecule has 3 aromatic rings. The van der Waals surface area contributed by atoms with Crippen LogP contribution in [0.5, 0.6) is 5.75 Å². The molecule has 1 aliphatic heterocycles. The van der Waals surface area contributed by atoms with Gasteiger partial charge in [-0.05, 0) is 55.7 Å². The molecule has 1 aliphatic rings. The Hall–Kier alpha value is -3.55. The summed E-state index contributed by atoms with van der Waals surface area (Å²) in [7, 11) is 1.59. The van der Waals surface area contributed by atoms with E-state index in [1.165, 1.54) is 4.74 Å². The molecule has 0 aliphatic carbocycles. The summed E-state index contributed by atoms with van der Waals surface area (Å²) < 4.78 is 19.5. The van der Waals surface area contributed by atoms with Gasteiger partial charge in [0, 0.05) is 31.3 Å². The van der Waals surface area contributed by atoms with Gasteiger partial charge in [0.05, 0.1) is 5.39 Å². The van der Waals surface area contributed by atoms with Crippen LogP contribution in [-0.2, 0) is 34.2 Å². The summed E-state index contributed by atoms with van der Waals surface area (Å²) in [5.74, 6) is 0.0514. The molecule has 40 heavy (non-hydrogen) atoms. The molecule has 4 rings (SSSR count). The lowest BCUT2D eigenvalue weighted by Gasteiger charge is -2.25. The van der Waals surface area contributed by atoms with Gasteiger partial charge < -0.3 is 18.9 Å². The van der Waals surface area contributed by atoms with Crippen LogP contribution in [0.4, 0.5) is 0 Å². The van der Waals surface area contributed by atoms with E-state index in [-0.39, 0.29) is 11.5 Å². The molecule has 1 amide bonds. The molecule has 1 saturated heterocycles. The summed E-state index contributed by atoms with van der Waals surface area (Å²) in [6.07, 6.45) is 2.77. The van der Waals surface area contributed by atoms with Gasteiger partial charge in [-0.15, -0.1) is 0 Å². The van der Waals surface area contributed by atoms with Crippen LogP contribution in [-0.4, -0.2) is 40.7 Å². The highest BCUT2D eigenvalue weighted by atomic mass is 16.6. The van der Waals surface area contributed by atoms with Crippen molar-refractivity contribution >= 4 is 22.8 Å². The fraction of sp³-hybridized carbons (Fsp3) is 0.531. The first-order valence-corrected chi connectivity index (χ1v) is 14.6. The largest absolute Gasteiger partial charge is 0.473 e. The molecule has 2 atom stereocenters. The first-order chi connectivity index (χ1) is 19.2. The molecule has 0 N–H and O–H groups in total. The number of aryl methyl sites for hydroxylation is 3. The maximum Gasteiger partial charge on any atom is 0.352 e. The van der Waals surface area contributed by atoms with Gasteiger partial charge >= 0.3 is 5.97 Å². The smallest absolute Gasteiger partial charge is 0.352 e. The number of aromatic nitrogens is 1. The molecule has 8 heteroatoms. The third-order valence-corrected chi connectivity index (χ3v) is 7.58. The summed E-state index contributed by atoms with van der Waals surface area (Å²) in [6.45, 7) is 11.3. The summed E-state index contributed by atoms with van der Waals surface area (Å²) in [5.41, 5.74) is 3.65. The Bertz CT molecular complexity index is 1400. The highest BCUT2D eigenvalue weighted by Gasteiger charge is 2.33. The number of likely N-dealkylation sites (tertiary alicyclic amines) is 1. The molecule has 1 aromatic heterocycles. The van der Waals surface area contributed by atoms with Crippen molar-refractivity contribution in [3.05, 3.63) is 62.9 Å². The Morgan fingerprint density at radius 2 is 1.60 bits per heavy atom. The molecular formula is C32H42N2O6. The molecule has 0 spiro atoms. The van der Waals surface area contributed by atoms with Crippen molar-refractivity contribution in [1.29, 1.82) is 0 Å². The molecule has 0 saturated carbocycles. The van der Waals surface area contributed by atoms with Crippen molar-refractivity contribution in [2.45, 2.75) is 91.3 Å². The van der Waals surface area contributed by atoms with E-state index in [2.05, 4.69) is 20.8 Å². The summed E-state index contributed by atoms with van der Waals surface area (Å²) >= 11 is 0. The molecule has 0 radical (unpaired) electrons. The van der Waals surface area contributed by atoms with E-state index in [0.29, 0.717) is 54.1 Å². The first-order valence-electron chi connectivity index (χ1n) is 14.6. The predicted octanol–water partition coefficient (Wildman–Crippen LogP) is 5.83. The highest BCUT2D eigenvalue weighted by Crippen LogP contribution is 2.37. The third-order valence-electron chi connectivity index (χ3n) is 7.58. The predicted molar refractivity (Wildman–Crippen MR) is 155 cm³/mol. The van der Waals surface area contributed by atoms with Crippen LogP contribution >= 0.6 is 0 Å². The lowest BCUT2D eigenvalue weighted by Crippen LogP contribution is -2.39. The van der Waals surface area contributed by atoms with Gasteiger partial charge in [-0.2, -0.15) is 4.74 Å². The van der Waals surface area contributed by atoms with Crippen LogP contribution in [0, 0.1) is 0 Å². The van der Waals surface area contributed by atoms with E-state index in [1.54, 1.807) is 18.9 Å². The maximum atomic E-state index is 13.8. The SMILES string of the molecule is CCCc1cc2c(=O)n(C)oc2c(CCC)c1OC(C(=O)O[C@H](C)C(=O)N1CCCC1)c1ccc(C(C)C)cc1. The normalized spacial score (nSPS) is 15.0. The number of fused-ring (bicyclic) bond motifs is 1. The number of hydrogen-bond donors (Lipinski definition) is 0. The Balaban J connectivity index is 1.77. The Labute approximate surface area is 236 Å². The number of carbonyl (C=O) groups is 2. The van der Waals surface area contributed by atoms with Gasteiger partial charge in [0.15, 0.2) is 11.7 Å². The second kappa shape index (κ2) is 12.7. The minimum atomic E-state index is -1.10. The molecule has 2 aromatic carbocycles. The van der Waals surface area contributed by atoms with Crippen LogP contribution in [0.3, 0.4) is 0 Å². The summed E-state index contributed by atoms with van der Waals surface area (Å²) in [4.78, 5) is 41.3. The zero-order chi connectivity index (χ0) is 29.0. The topological polar surface area (TPSA) is 91.0 Å². The van der Waals surface area contributed by atoms with Gasteiger partial charge in [0.2, 0.25) is 6.10 Å². The van der Waals surface area contributed by atoms with Crippen molar-refractivity contribution in [2.24, 2.45) is 7.05 Å². The number of amides is 1. The Morgan fingerprint density at radius 1 is 0.975 bits per heavy atom. The zero-order valence-electron chi connectivity index (χ0n) is 24.6. The van der Waals surface area contributed by atoms with Gasteiger partial charge in [-0.25, -0.2) is 4.79 Å². The highest BCUT2D eigenvalue weighted by molar-refractivity contribution is 5.86. The van der Waals surface area contributed by atoms with Gasteiger partial charge in [-0.1, -0.05) is 64.8 Å².